The average Bonchev–Trinajstić information content (AvgIpc) is 2.87. The van der Waals surface area contributed by atoms with Crippen molar-refractivity contribution in [3.8, 4) is 0 Å². The smallest absolute Gasteiger partial charge is 0.147 e. The van der Waals surface area contributed by atoms with Gasteiger partial charge in [-0.2, -0.15) is 0 Å². The summed E-state index contributed by atoms with van der Waals surface area (Å²) in [6, 6.07) is 0. The van der Waals surface area contributed by atoms with Crippen LogP contribution in [0.2, 0.25) is 19.6 Å². The Kier molecular flexibility index (Phi) is 8.94. The number of hydrogen-bond acceptors (Lipinski definition) is 1. The zero-order valence-corrected chi connectivity index (χ0v) is 20.8. The molecular formula is C15H26Cl2OSi2Zr. The van der Waals surface area contributed by atoms with E-state index < -0.39 is 31.6 Å². The fourth-order valence-corrected chi connectivity index (χ4v) is 8.92. The molecule has 0 aromatic heterocycles. The maximum atomic E-state index is 6.51. The van der Waals surface area contributed by atoms with Gasteiger partial charge in [-0.3, -0.25) is 0 Å². The second-order valence-corrected chi connectivity index (χ2v) is 15.4. The van der Waals surface area contributed by atoms with Crippen LogP contribution in [0, 0.1) is 0 Å². The average molecular weight is 441 g/mol. The van der Waals surface area contributed by atoms with Crippen LogP contribution in [0.1, 0.15) is 20.3 Å². The molecule has 0 aromatic carbocycles. The fourth-order valence-electron chi connectivity index (χ4n) is 2.48. The van der Waals surface area contributed by atoms with E-state index in [-0.39, 0.29) is 24.8 Å². The number of hydrogen-bond donors (Lipinski definition) is 0. The maximum absolute atomic E-state index is 6.51. The first kappa shape index (κ1) is 21.8. The van der Waals surface area contributed by atoms with Gasteiger partial charge in [0.1, 0.15) is 0 Å². The zero-order valence-electron chi connectivity index (χ0n) is 13.7. The van der Waals surface area contributed by atoms with E-state index in [1.54, 1.807) is 11.8 Å². The van der Waals surface area contributed by atoms with Gasteiger partial charge in [0.25, 0.3) is 0 Å². The minimum absolute atomic E-state index is 0. The van der Waals surface area contributed by atoms with Gasteiger partial charge in [0.15, 0.2) is 0 Å². The van der Waals surface area contributed by atoms with E-state index >= 15 is 0 Å². The minimum Gasteiger partial charge on any atom is -0.147 e. The van der Waals surface area contributed by atoms with Gasteiger partial charge in [-0.1, -0.05) is 0 Å². The van der Waals surface area contributed by atoms with Crippen molar-refractivity contribution < 1.29 is 27.7 Å². The van der Waals surface area contributed by atoms with E-state index in [0.717, 1.165) is 0 Å². The Bertz CT molecular complexity index is 516. The van der Waals surface area contributed by atoms with Crippen LogP contribution in [-0.4, -0.2) is 24.7 Å². The molecule has 118 valence electrons. The van der Waals surface area contributed by atoms with Crippen molar-refractivity contribution >= 4 is 43.4 Å². The molecule has 0 amide bonds. The molecule has 0 bridgehead atoms. The molecule has 1 nitrogen and oxygen atoms in total. The van der Waals surface area contributed by atoms with Crippen molar-refractivity contribution in [2.24, 2.45) is 0 Å². The molecule has 0 fully saturated rings. The first-order chi connectivity index (χ1) is 8.79. The molecule has 0 radical (unpaired) electrons. The van der Waals surface area contributed by atoms with E-state index in [0.29, 0.717) is 6.10 Å². The van der Waals surface area contributed by atoms with Crippen molar-refractivity contribution in [2.75, 3.05) is 0 Å². The van der Waals surface area contributed by atoms with Gasteiger partial charge < -0.3 is 0 Å². The number of halogens is 2. The first-order valence-corrected chi connectivity index (χ1v) is 13.9. The predicted molar refractivity (Wildman–Crippen MR) is 99.9 cm³/mol. The standard InChI is InChI=1S/C10H19OSi2.C5H5.2ClH.Zr/c1-7-8(2)10(12)6-9(7)11-13(3,4)5;1-2-4-5-3-1;;;/h9H,1-5,12H3;1-3H,4H2;2*1H;. The van der Waals surface area contributed by atoms with Gasteiger partial charge in [-0.15, -0.1) is 24.8 Å². The summed E-state index contributed by atoms with van der Waals surface area (Å²) in [5.41, 5.74) is 3.03. The van der Waals surface area contributed by atoms with Gasteiger partial charge in [-0.05, 0) is 0 Å². The third-order valence-electron chi connectivity index (χ3n) is 3.75. The van der Waals surface area contributed by atoms with Crippen LogP contribution in [-0.2, 0) is 27.7 Å². The quantitative estimate of drug-likeness (QED) is 0.603. The Morgan fingerprint density at radius 1 is 1.24 bits per heavy atom. The largest absolute Gasteiger partial charge is 0.147 e. The Hall–Kier alpha value is 0.817. The van der Waals surface area contributed by atoms with Gasteiger partial charge >= 0.3 is 133 Å². The predicted octanol–water partition coefficient (Wildman–Crippen LogP) is 3.90. The van der Waals surface area contributed by atoms with Gasteiger partial charge in [0.2, 0.25) is 0 Å². The Balaban J connectivity index is 0.00000200. The summed E-state index contributed by atoms with van der Waals surface area (Å²) >= 11 is -0.609. The second-order valence-electron chi connectivity index (χ2n) is 6.41. The molecule has 0 heterocycles. The van der Waals surface area contributed by atoms with Crippen LogP contribution < -0.4 is 0 Å². The zero-order chi connectivity index (χ0) is 14.2. The van der Waals surface area contributed by atoms with Crippen LogP contribution >= 0.6 is 24.8 Å². The van der Waals surface area contributed by atoms with E-state index in [9.17, 15) is 0 Å². The molecule has 0 saturated carbocycles. The van der Waals surface area contributed by atoms with E-state index in [2.05, 4.69) is 51.7 Å². The van der Waals surface area contributed by atoms with Crippen molar-refractivity contribution in [1.82, 2.24) is 0 Å². The summed E-state index contributed by atoms with van der Waals surface area (Å²) in [7, 11) is -0.311. The molecule has 2 rings (SSSR count). The molecule has 0 N–H and O–H groups in total. The van der Waals surface area contributed by atoms with Crippen molar-refractivity contribution in [1.29, 1.82) is 0 Å². The van der Waals surface area contributed by atoms with Crippen molar-refractivity contribution in [3.63, 3.8) is 0 Å². The number of rotatable bonds is 4. The molecule has 1 atom stereocenters. The molecule has 6 heteroatoms. The molecular weight excluding hydrogens is 414 g/mol. The molecule has 0 aromatic rings. The molecule has 0 spiro atoms. The SMILES string of the molecule is CC1=C(C)C(O[Si](C)(C)C)[C]([Zr][C]2=CC=CC2)=C1[SiH3].Cl.Cl. The molecule has 2 aliphatic rings. The van der Waals surface area contributed by atoms with E-state index in [4.69, 9.17) is 4.43 Å². The Morgan fingerprint density at radius 2 is 1.86 bits per heavy atom. The third-order valence-corrected chi connectivity index (χ3v) is 11.1. The summed E-state index contributed by atoms with van der Waals surface area (Å²) in [5, 5.41) is 1.67. The first-order valence-electron chi connectivity index (χ1n) is 6.98. The van der Waals surface area contributed by atoms with Crippen LogP contribution in [0.4, 0.5) is 0 Å². The Labute approximate surface area is 157 Å². The molecule has 0 saturated heterocycles. The second kappa shape index (κ2) is 8.61. The molecule has 1 unspecified atom stereocenters. The summed E-state index contributed by atoms with van der Waals surface area (Å²) in [6.45, 7) is 11.5. The van der Waals surface area contributed by atoms with Gasteiger partial charge in [0, 0.05) is 0 Å². The normalized spacial score (nSPS) is 21.4. The van der Waals surface area contributed by atoms with E-state index in [1.165, 1.54) is 27.8 Å². The van der Waals surface area contributed by atoms with Crippen LogP contribution in [0.25, 0.3) is 0 Å². The molecule has 2 aliphatic carbocycles. The van der Waals surface area contributed by atoms with Gasteiger partial charge in [0.05, 0.1) is 0 Å². The maximum Gasteiger partial charge on any atom is -0.147 e. The fraction of sp³-hybridized carbons (Fsp3) is 0.467. The summed E-state index contributed by atoms with van der Waals surface area (Å²) in [5.74, 6) is 0. The van der Waals surface area contributed by atoms with Crippen LogP contribution in [0.15, 0.2) is 41.1 Å². The van der Waals surface area contributed by atoms with E-state index in [1.807, 2.05) is 0 Å². The number of allylic oxidation sites excluding steroid dienone is 6. The van der Waals surface area contributed by atoms with Crippen LogP contribution in [0.3, 0.4) is 0 Å². The topological polar surface area (TPSA) is 9.23 Å². The monoisotopic (exact) mass is 438 g/mol. The third kappa shape index (κ3) is 5.44. The summed E-state index contributed by atoms with van der Waals surface area (Å²) < 4.78 is 9.95. The van der Waals surface area contributed by atoms with Crippen molar-refractivity contribution in [2.45, 2.75) is 46.0 Å². The minimum atomic E-state index is -1.48. The van der Waals surface area contributed by atoms with Gasteiger partial charge in [-0.25, -0.2) is 0 Å². The summed E-state index contributed by atoms with van der Waals surface area (Å²) in [6.07, 6.45) is 8.40. The summed E-state index contributed by atoms with van der Waals surface area (Å²) in [4.78, 5) is 0. The Morgan fingerprint density at radius 3 is 2.33 bits per heavy atom. The van der Waals surface area contributed by atoms with Crippen LogP contribution in [0.5, 0.6) is 0 Å². The molecule has 21 heavy (non-hydrogen) atoms. The molecule has 0 aliphatic heterocycles. The van der Waals surface area contributed by atoms with Crippen molar-refractivity contribution in [3.05, 3.63) is 41.1 Å².